The van der Waals surface area contributed by atoms with Gasteiger partial charge in [-0.2, -0.15) is 0 Å². The highest BCUT2D eigenvalue weighted by molar-refractivity contribution is 5.93. The summed E-state index contributed by atoms with van der Waals surface area (Å²) in [4.78, 5) is 11.6. The van der Waals surface area contributed by atoms with Crippen LogP contribution in [0.2, 0.25) is 0 Å². The van der Waals surface area contributed by atoms with Crippen LogP contribution < -0.4 is 14.2 Å². The van der Waals surface area contributed by atoms with Gasteiger partial charge in [-0.3, -0.25) is 0 Å². The summed E-state index contributed by atoms with van der Waals surface area (Å²) < 4.78 is 17.1. The van der Waals surface area contributed by atoms with Crippen LogP contribution in [0.4, 0.5) is 0 Å². The molecule has 1 N–H and O–H groups in total. The summed E-state index contributed by atoms with van der Waals surface area (Å²) in [5.74, 6) is 0.587. The van der Waals surface area contributed by atoms with Crippen LogP contribution in [0.3, 0.4) is 0 Å². The van der Waals surface area contributed by atoms with Crippen molar-refractivity contribution in [2.45, 2.75) is 0 Å². The van der Waals surface area contributed by atoms with Crippen LogP contribution in [-0.2, 0) is 0 Å². The van der Waals surface area contributed by atoms with Crippen LogP contribution in [0.1, 0.15) is 10.5 Å². The molecule has 1 heterocycles. The lowest BCUT2D eigenvalue weighted by Gasteiger charge is -2.11. The summed E-state index contributed by atoms with van der Waals surface area (Å²) in [5.41, 5.74) is 1.38. The van der Waals surface area contributed by atoms with E-state index in [9.17, 15) is 9.90 Å². The topological polar surface area (TPSA) is 95.7 Å². The molecule has 0 aliphatic carbocycles. The van der Waals surface area contributed by atoms with Gasteiger partial charge in [0, 0.05) is 23.8 Å². The Labute approximate surface area is 149 Å². The first-order chi connectivity index (χ1) is 12.6. The van der Waals surface area contributed by atoms with E-state index in [0.29, 0.717) is 34.2 Å². The molecule has 0 saturated carbocycles. The zero-order chi connectivity index (χ0) is 18.7. The monoisotopic (exact) mass is 355 g/mol. The van der Waals surface area contributed by atoms with Crippen molar-refractivity contribution < 1.29 is 24.1 Å². The molecule has 26 heavy (non-hydrogen) atoms. The fourth-order valence-electron chi connectivity index (χ4n) is 2.53. The molecule has 3 aromatic rings. The molecular formula is C18H17N3O5. The average molecular weight is 355 g/mol. The Hall–Kier alpha value is -3.55. The molecule has 0 bridgehead atoms. The lowest BCUT2D eigenvalue weighted by Crippen LogP contribution is -2.04. The molecule has 0 radical (unpaired) electrons. The van der Waals surface area contributed by atoms with Gasteiger partial charge in [0.2, 0.25) is 0 Å². The zero-order valence-corrected chi connectivity index (χ0v) is 14.5. The summed E-state index contributed by atoms with van der Waals surface area (Å²) in [5, 5.41) is 17.3. The molecule has 0 spiro atoms. The van der Waals surface area contributed by atoms with Gasteiger partial charge in [0.15, 0.2) is 5.69 Å². The molecule has 0 atom stereocenters. The van der Waals surface area contributed by atoms with Crippen molar-refractivity contribution in [2.24, 2.45) is 0 Å². The number of nitrogens with zero attached hydrogens (tertiary/aromatic N) is 3. The van der Waals surface area contributed by atoms with Crippen LogP contribution in [-0.4, -0.2) is 47.4 Å². The van der Waals surface area contributed by atoms with Gasteiger partial charge in [-0.1, -0.05) is 5.21 Å². The van der Waals surface area contributed by atoms with Crippen molar-refractivity contribution in [3.63, 3.8) is 0 Å². The number of carbonyl (C=O) groups is 1. The molecule has 2 aromatic carbocycles. The molecule has 8 nitrogen and oxygen atoms in total. The lowest BCUT2D eigenvalue weighted by molar-refractivity contribution is 0.0691. The van der Waals surface area contributed by atoms with Gasteiger partial charge in [0.1, 0.15) is 22.9 Å². The number of rotatable bonds is 6. The van der Waals surface area contributed by atoms with Crippen molar-refractivity contribution in [1.29, 1.82) is 0 Å². The highest BCUT2D eigenvalue weighted by Crippen LogP contribution is 2.30. The van der Waals surface area contributed by atoms with Crippen LogP contribution >= 0.6 is 0 Å². The van der Waals surface area contributed by atoms with Gasteiger partial charge in [-0.05, 0) is 24.3 Å². The highest BCUT2D eigenvalue weighted by Gasteiger charge is 2.22. The Morgan fingerprint density at radius 3 is 2.00 bits per heavy atom. The molecule has 0 unspecified atom stereocenters. The Balaban J connectivity index is 2.21. The third-order valence-corrected chi connectivity index (χ3v) is 3.82. The zero-order valence-electron chi connectivity index (χ0n) is 14.5. The number of benzene rings is 2. The number of aromatic nitrogens is 3. The van der Waals surface area contributed by atoms with E-state index in [-0.39, 0.29) is 5.69 Å². The fourth-order valence-corrected chi connectivity index (χ4v) is 2.53. The van der Waals surface area contributed by atoms with Crippen LogP contribution in [0.15, 0.2) is 42.5 Å². The minimum absolute atomic E-state index is 0.156. The van der Waals surface area contributed by atoms with Crippen LogP contribution in [0, 0.1) is 0 Å². The number of carboxylic acids is 1. The first kappa shape index (κ1) is 17.3. The average Bonchev–Trinajstić information content (AvgIpc) is 3.13. The molecule has 1 aromatic heterocycles. The van der Waals surface area contributed by atoms with E-state index in [0.717, 1.165) is 0 Å². The molecule has 0 amide bonds. The second-order valence-corrected chi connectivity index (χ2v) is 5.30. The molecule has 0 saturated heterocycles. The second-order valence-electron chi connectivity index (χ2n) is 5.30. The van der Waals surface area contributed by atoms with Crippen molar-refractivity contribution in [1.82, 2.24) is 15.0 Å². The van der Waals surface area contributed by atoms with E-state index in [2.05, 4.69) is 10.3 Å². The highest BCUT2D eigenvalue weighted by atomic mass is 16.5. The van der Waals surface area contributed by atoms with Crippen molar-refractivity contribution in [2.75, 3.05) is 21.3 Å². The molecule has 0 aliphatic heterocycles. The van der Waals surface area contributed by atoms with E-state index in [4.69, 9.17) is 14.2 Å². The first-order valence-electron chi connectivity index (χ1n) is 7.64. The van der Waals surface area contributed by atoms with E-state index in [1.807, 2.05) is 0 Å². The minimum atomic E-state index is -1.17. The van der Waals surface area contributed by atoms with Gasteiger partial charge < -0.3 is 19.3 Å². The van der Waals surface area contributed by atoms with E-state index in [1.165, 1.54) is 18.9 Å². The van der Waals surface area contributed by atoms with E-state index >= 15 is 0 Å². The molecular weight excluding hydrogens is 338 g/mol. The summed E-state index contributed by atoms with van der Waals surface area (Å²) >= 11 is 0. The summed E-state index contributed by atoms with van der Waals surface area (Å²) in [6.07, 6.45) is 0. The SMILES string of the molecule is COc1ccc(-c2c(C(=O)O)nnn2-c2cc(OC)cc(OC)c2)cc1. The summed E-state index contributed by atoms with van der Waals surface area (Å²) in [6.45, 7) is 0. The van der Waals surface area contributed by atoms with Gasteiger partial charge in [0.05, 0.1) is 27.0 Å². The fraction of sp³-hybridized carbons (Fsp3) is 0.167. The first-order valence-corrected chi connectivity index (χ1v) is 7.64. The van der Waals surface area contributed by atoms with Crippen molar-refractivity contribution in [3.8, 4) is 34.2 Å². The van der Waals surface area contributed by atoms with Gasteiger partial charge in [-0.25, -0.2) is 9.48 Å². The third-order valence-electron chi connectivity index (χ3n) is 3.82. The standard InChI is InChI=1S/C18H17N3O5/c1-24-13-6-4-11(5-7-13)17-16(18(22)23)19-20-21(17)12-8-14(25-2)10-15(9-12)26-3/h4-10H,1-3H3,(H,22,23). The third kappa shape index (κ3) is 3.16. The maximum atomic E-state index is 11.6. The number of hydrogen-bond donors (Lipinski definition) is 1. The van der Waals surface area contributed by atoms with Gasteiger partial charge >= 0.3 is 5.97 Å². The van der Waals surface area contributed by atoms with Gasteiger partial charge in [0.25, 0.3) is 0 Å². The Morgan fingerprint density at radius 1 is 0.923 bits per heavy atom. The van der Waals surface area contributed by atoms with Crippen molar-refractivity contribution in [3.05, 3.63) is 48.2 Å². The largest absolute Gasteiger partial charge is 0.497 e. The second kappa shape index (κ2) is 7.14. The maximum absolute atomic E-state index is 11.6. The Bertz CT molecular complexity index is 912. The predicted molar refractivity (Wildman–Crippen MR) is 93.4 cm³/mol. The summed E-state index contributed by atoms with van der Waals surface area (Å²) in [7, 11) is 4.63. The number of aromatic carboxylic acids is 1. The molecule has 0 fully saturated rings. The van der Waals surface area contributed by atoms with Gasteiger partial charge in [-0.15, -0.1) is 5.10 Å². The Morgan fingerprint density at radius 2 is 1.50 bits per heavy atom. The molecule has 0 aliphatic rings. The minimum Gasteiger partial charge on any atom is -0.497 e. The summed E-state index contributed by atoms with van der Waals surface area (Å²) in [6, 6.07) is 12.1. The van der Waals surface area contributed by atoms with Crippen LogP contribution in [0.5, 0.6) is 17.2 Å². The Kier molecular flexibility index (Phi) is 4.74. The number of ether oxygens (including phenoxy) is 3. The smallest absolute Gasteiger partial charge is 0.358 e. The quantitative estimate of drug-likeness (QED) is 0.726. The van der Waals surface area contributed by atoms with Crippen LogP contribution in [0.25, 0.3) is 16.9 Å². The molecule has 134 valence electrons. The number of hydrogen-bond acceptors (Lipinski definition) is 6. The lowest BCUT2D eigenvalue weighted by atomic mass is 10.1. The number of methoxy groups -OCH3 is 3. The maximum Gasteiger partial charge on any atom is 0.358 e. The van der Waals surface area contributed by atoms with Crippen molar-refractivity contribution >= 4 is 5.97 Å². The molecule has 3 rings (SSSR count). The number of carboxylic acid groups (broad SMARTS) is 1. The van der Waals surface area contributed by atoms with E-state index < -0.39 is 5.97 Å². The molecule has 8 heteroatoms. The normalized spacial score (nSPS) is 10.4. The van der Waals surface area contributed by atoms with E-state index in [1.54, 1.807) is 49.6 Å². The predicted octanol–water partition coefficient (Wildman–Crippen LogP) is 2.66.